The number of carbonyl (C=O) groups is 1. The summed E-state index contributed by atoms with van der Waals surface area (Å²) in [5, 5.41) is 3.14. The highest BCUT2D eigenvalue weighted by molar-refractivity contribution is 5.76. The molecule has 1 rings (SSSR count). The van der Waals surface area contributed by atoms with Gasteiger partial charge in [0, 0.05) is 29.3 Å². The minimum Gasteiger partial charge on any atom is -0.352 e. The van der Waals surface area contributed by atoms with Gasteiger partial charge in [-0.05, 0) is 6.42 Å². The van der Waals surface area contributed by atoms with Crippen LogP contribution in [0.25, 0.3) is 0 Å². The fraction of sp³-hybridized carbons (Fsp3) is 0.923. The van der Waals surface area contributed by atoms with E-state index in [0.29, 0.717) is 6.42 Å². The van der Waals surface area contributed by atoms with Crippen molar-refractivity contribution in [2.24, 2.45) is 16.6 Å². The molecule has 94 valence electrons. The zero-order valence-corrected chi connectivity index (χ0v) is 11.3. The van der Waals surface area contributed by atoms with E-state index in [1.54, 1.807) is 0 Å². The van der Waals surface area contributed by atoms with Gasteiger partial charge in [-0.25, -0.2) is 0 Å². The molecule has 1 aliphatic rings. The Labute approximate surface area is 99.2 Å². The van der Waals surface area contributed by atoms with Gasteiger partial charge >= 0.3 is 0 Å². The molecule has 0 aromatic heterocycles. The van der Waals surface area contributed by atoms with Crippen molar-refractivity contribution in [2.75, 3.05) is 0 Å². The second-order valence-corrected chi connectivity index (χ2v) is 6.22. The van der Waals surface area contributed by atoms with Crippen LogP contribution in [0, 0.1) is 10.8 Å². The molecule has 0 atom stereocenters. The van der Waals surface area contributed by atoms with Crippen LogP contribution >= 0.6 is 0 Å². The second-order valence-electron chi connectivity index (χ2n) is 6.22. The van der Waals surface area contributed by atoms with Crippen molar-refractivity contribution in [3.63, 3.8) is 0 Å². The van der Waals surface area contributed by atoms with Crippen LogP contribution in [-0.2, 0) is 4.79 Å². The topological polar surface area (TPSA) is 55.1 Å². The molecule has 16 heavy (non-hydrogen) atoms. The predicted molar refractivity (Wildman–Crippen MR) is 67.0 cm³/mol. The van der Waals surface area contributed by atoms with Gasteiger partial charge in [-0.1, -0.05) is 41.0 Å². The minimum absolute atomic E-state index is 0.00533. The van der Waals surface area contributed by atoms with Crippen molar-refractivity contribution in [3.05, 3.63) is 0 Å². The Morgan fingerprint density at radius 1 is 1.25 bits per heavy atom. The summed E-state index contributed by atoms with van der Waals surface area (Å²) >= 11 is 0. The van der Waals surface area contributed by atoms with Crippen molar-refractivity contribution in [3.8, 4) is 0 Å². The first-order valence-electron chi connectivity index (χ1n) is 6.29. The molecule has 0 aromatic carbocycles. The molecule has 1 fully saturated rings. The Bertz CT molecular complexity index is 255. The fourth-order valence-electron chi connectivity index (χ4n) is 3.12. The lowest BCUT2D eigenvalue weighted by Gasteiger charge is -2.62. The summed E-state index contributed by atoms with van der Waals surface area (Å²) < 4.78 is 0. The van der Waals surface area contributed by atoms with Crippen molar-refractivity contribution in [1.29, 1.82) is 0 Å². The maximum Gasteiger partial charge on any atom is 0.220 e. The zero-order valence-electron chi connectivity index (χ0n) is 11.3. The molecule has 0 heterocycles. The molecule has 1 aliphatic carbocycles. The number of rotatable bonds is 4. The average molecular weight is 226 g/mol. The van der Waals surface area contributed by atoms with Gasteiger partial charge in [-0.2, -0.15) is 0 Å². The number of nitrogens with two attached hydrogens (primary N) is 1. The highest BCUT2D eigenvalue weighted by Crippen LogP contribution is 2.52. The van der Waals surface area contributed by atoms with Gasteiger partial charge in [0.1, 0.15) is 0 Å². The molecular formula is C13H26N2O. The van der Waals surface area contributed by atoms with E-state index in [0.717, 1.165) is 12.8 Å². The lowest BCUT2D eigenvalue weighted by Crippen LogP contribution is -2.76. The fourth-order valence-corrected chi connectivity index (χ4v) is 3.12. The average Bonchev–Trinajstić information content (AvgIpc) is 2.21. The normalized spacial score (nSPS) is 30.6. The van der Waals surface area contributed by atoms with Gasteiger partial charge in [0.25, 0.3) is 0 Å². The highest BCUT2D eigenvalue weighted by Gasteiger charge is 2.60. The summed E-state index contributed by atoms with van der Waals surface area (Å²) in [6, 6.07) is 0.343. The summed E-state index contributed by atoms with van der Waals surface area (Å²) in [6.07, 6.45) is 2.66. The highest BCUT2D eigenvalue weighted by atomic mass is 16.1. The van der Waals surface area contributed by atoms with Crippen molar-refractivity contribution in [1.82, 2.24) is 5.32 Å². The molecule has 1 amide bonds. The summed E-state index contributed by atoms with van der Waals surface area (Å²) in [5.41, 5.74) is 6.16. The molecule has 0 spiro atoms. The van der Waals surface area contributed by atoms with E-state index in [4.69, 9.17) is 5.73 Å². The van der Waals surface area contributed by atoms with Crippen LogP contribution in [0.4, 0.5) is 0 Å². The van der Waals surface area contributed by atoms with E-state index in [2.05, 4.69) is 39.9 Å². The monoisotopic (exact) mass is 226 g/mol. The number of hydrogen-bond acceptors (Lipinski definition) is 2. The van der Waals surface area contributed by atoms with Crippen LogP contribution in [0.1, 0.15) is 53.9 Å². The van der Waals surface area contributed by atoms with Crippen LogP contribution in [0.5, 0.6) is 0 Å². The minimum atomic E-state index is 0.00533. The third-order valence-electron chi connectivity index (χ3n) is 4.15. The van der Waals surface area contributed by atoms with E-state index in [1.807, 2.05) is 0 Å². The van der Waals surface area contributed by atoms with Crippen molar-refractivity contribution >= 4 is 5.91 Å². The van der Waals surface area contributed by atoms with Crippen LogP contribution in [0.2, 0.25) is 0 Å². The lowest BCUT2D eigenvalue weighted by atomic mass is 9.48. The predicted octanol–water partition coefficient (Wildman–Crippen LogP) is 2.05. The Kier molecular flexibility index (Phi) is 3.68. The molecule has 0 aromatic rings. The van der Waals surface area contributed by atoms with Crippen LogP contribution < -0.4 is 11.1 Å². The van der Waals surface area contributed by atoms with Gasteiger partial charge in [0.2, 0.25) is 5.91 Å². The van der Waals surface area contributed by atoms with E-state index in [-0.39, 0.29) is 28.8 Å². The van der Waals surface area contributed by atoms with E-state index in [9.17, 15) is 4.79 Å². The molecule has 0 saturated heterocycles. The molecule has 1 saturated carbocycles. The van der Waals surface area contributed by atoms with E-state index >= 15 is 0 Å². The molecule has 3 N–H and O–H groups in total. The van der Waals surface area contributed by atoms with E-state index < -0.39 is 0 Å². The molecular weight excluding hydrogens is 200 g/mol. The SMILES string of the molecule is CCCCC(=O)NC1C(C)(C)C(N)C1(C)C. The van der Waals surface area contributed by atoms with E-state index in [1.165, 1.54) is 0 Å². The van der Waals surface area contributed by atoms with Gasteiger partial charge < -0.3 is 11.1 Å². The molecule has 0 radical (unpaired) electrons. The summed E-state index contributed by atoms with van der Waals surface area (Å²) in [4.78, 5) is 11.7. The van der Waals surface area contributed by atoms with Gasteiger partial charge in [-0.3, -0.25) is 4.79 Å². The summed E-state index contributed by atoms with van der Waals surface area (Å²) in [5.74, 6) is 0.167. The first-order chi connectivity index (χ1) is 7.24. The zero-order chi connectivity index (χ0) is 12.6. The Hall–Kier alpha value is -0.570. The quantitative estimate of drug-likeness (QED) is 0.771. The summed E-state index contributed by atoms with van der Waals surface area (Å²) in [7, 11) is 0. The standard InChI is InChI=1S/C13H26N2O/c1-6-7-8-9(16)15-11-12(2,3)10(14)13(11,4)5/h10-11H,6-8,14H2,1-5H3,(H,15,16). The van der Waals surface area contributed by atoms with Crippen LogP contribution in [0.3, 0.4) is 0 Å². The molecule has 0 bridgehead atoms. The first-order valence-corrected chi connectivity index (χ1v) is 6.29. The molecule has 3 heteroatoms. The maximum absolute atomic E-state index is 11.7. The Balaban J connectivity index is 2.57. The number of nitrogens with one attached hydrogen (secondary N) is 1. The number of unbranched alkanes of at least 4 members (excludes halogenated alkanes) is 1. The smallest absolute Gasteiger partial charge is 0.220 e. The first kappa shape index (κ1) is 13.5. The Morgan fingerprint density at radius 3 is 2.19 bits per heavy atom. The molecule has 0 unspecified atom stereocenters. The van der Waals surface area contributed by atoms with Gasteiger partial charge in [0.05, 0.1) is 0 Å². The van der Waals surface area contributed by atoms with Crippen LogP contribution in [0.15, 0.2) is 0 Å². The number of amides is 1. The lowest BCUT2D eigenvalue weighted by molar-refractivity contribution is -0.132. The Morgan fingerprint density at radius 2 is 1.75 bits per heavy atom. The maximum atomic E-state index is 11.7. The number of carbonyl (C=O) groups excluding carboxylic acids is 1. The molecule has 3 nitrogen and oxygen atoms in total. The number of hydrogen-bond donors (Lipinski definition) is 2. The van der Waals surface area contributed by atoms with Crippen molar-refractivity contribution < 1.29 is 4.79 Å². The van der Waals surface area contributed by atoms with Crippen LogP contribution in [-0.4, -0.2) is 18.0 Å². The second kappa shape index (κ2) is 4.36. The summed E-state index contributed by atoms with van der Waals surface area (Å²) in [6.45, 7) is 10.6. The van der Waals surface area contributed by atoms with Gasteiger partial charge in [0.15, 0.2) is 0 Å². The largest absolute Gasteiger partial charge is 0.352 e. The molecule has 0 aliphatic heterocycles. The third kappa shape index (κ3) is 2.10. The van der Waals surface area contributed by atoms with Gasteiger partial charge in [-0.15, -0.1) is 0 Å². The van der Waals surface area contributed by atoms with Crippen molar-refractivity contribution in [2.45, 2.75) is 66.0 Å². The third-order valence-corrected chi connectivity index (χ3v) is 4.15.